The van der Waals surface area contributed by atoms with Gasteiger partial charge < -0.3 is 5.32 Å². The summed E-state index contributed by atoms with van der Waals surface area (Å²) >= 11 is 0. The van der Waals surface area contributed by atoms with E-state index in [4.69, 9.17) is 0 Å². The Balaban J connectivity index is 1.80. The fraction of sp³-hybridized carbons (Fsp3) is 0.100. The van der Waals surface area contributed by atoms with Crippen molar-refractivity contribution in [2.24, 2.45) is 0 Å². The summed E-state index contributed by atoms with van der Waals surface area (Å²) in [6.45, 7) is 1.92. The number of benzene rings is 2. The van der Waals surface area contributed by atoms with Crippen LogP contribution in [0.4, 0.5) is 5.82 Å². The quantitative estimate of drug-likeness (QED) is 0.687. The molecule has 0 spiro atoms. The highest BCUT2D eigenvalue weighted by molar-refractivity contribution is 7.89. The second-order valence-electron chi connectivity index (χ2n) is 5.96. The maximum absolute atomic E-state index is 12.6. The molecule has 3 aromatic rings. The minimum absolute atomic E-state index is 0.0372. The van der Waals surface area contributed by atoms with Gasteiger partial charge in [0.1, 0.15) is 5.82 Å². The van der Waals surface area contributed by atoms with Crippen LogP contribution >= 0.6 is 0 Å². The number of carbonyl (C=O) groups is 1. The zero-order chi connectivity index (χ0) is 19.3. The van der Waals surface area contributed by atoms with Crippen LogP contribution in [0, 0.1) is 6.92 Å². The van der Waals surface area contributed by atoms with Crippen molar-refractivity contribution in [1.82, 2.24) is 9.71 Å². The van der Waals surface area contributed by atoms with Crippen molar-refractivity contribution in [2.75, 3.05) is 5.32 Å². The highest BCUT2D eigenvalue weighted by Gasteiger charge is 2.18. The van der Waals surface area contributed by atoms with Gasteiger partial charge in [0.05, 0.1) is 4.90 Å². The van der Waals surface area contributed by atoms with Crippen LogP contribution in [0.5, 0.6) is 0 Å². The molecule has 1 heterocycles. The molecule has 2 N–H and O–H groups in total. The Morgan fingerprint density at radius 2 is 1.74 bits per heavy atom. The first-order valence-electron chi connectivity index (χ1n) is 8.32. The van der Waals surface area contributed by atoms with Crippen molar-refractivity contribution < 1.29 is 13.2 Å². The van der Waals surface area contributed by atoms with Crippen LogP contribution in [0.2, 0.25) is 0 Å². The maximum Gasteiger partial charge on any atom is 0.257 e. The predicted octanol–water partition coefficient (Wildman–Crippen LogP) is 3.12. The number of sulfonamides is 1. The molecule has 3 rings (SSSR count). The van der Waals surface area contributed by atoms with E-state index in [1.807, 2.05) is 30.3 Å². The molecule has 0 bridgehead atoms. The molecule has 0 radical (unpaired) electrons. The lowest BCUT2D eigenvalue weighted by molar-refractivity contribution is 0.102. The lowest BCUT2D eigenvalue weighted by Crippen LogP contribution is -2.24. The van der Waals surface area contributed by atoms with Gasteiger partial charge in [-0.25, -0.2) is 18.1 Å². The van der Waals surface area contributed by atoms with E-state index in [2.05, 4.69) is 15.0 Å². The van der Waals surface area contributed by atoms with Gasteiger partial charge in [-0.2, -0.15) is 0 Å². The second kappa shape index (κ2) is 8.11. The second-order valence-corrected chi connectivity index (χ2v) is 7.72. The van der Waals surface area contributed by atoms with E-state index in [1.54, 1.807) is 37.4 Å². The van der Waals surface area contributed by atoms with Crippen LogP contribution in [-0.2, 0) is 16.6 Å². The summed E-state index contributed by atoms with van der Waals surface area (Å²) < 4.78 is 27.7. The van der Waals surface area contributed by atoms with Crippen LogP contribution in [0.25, 0.3) is 0 Å². The fourth-order valence-electron chi connectivity index (χ4n) is 2.49. The van der Waals surface area contributed by atoms with Gasteiger partial charge >= 0.3 is 0 Å². The molecule has 0 aliphatic heterocycles. The molecule has 2 aromatic carbocycles. The van der Waals surface area contributed by atoms with Gasteiger partial charge in [-0.05, 0) is 42.3 Å². The number of nitrogens with one attached hydrogen (secondary N) is 2. The fourth-order valence-corrected chi connectivity index (χ4v) is 3.53. The van der Waals surface area contributed by atoms with Gasteiger partial charge in [0, 0.05) is 18.3 Å². The largest absolute Gasteiger partial charge is 0.307 e. The zero-order valence-corrected chi connectivity index (χ0v) is 15.5. The average molecular weight is 381 g/mol. The van der Waals surface area contributed by atoms with Crippen molar-refractivity contribution in [3.63, 3.8) is 0 Å². The Morgan fingerprint density at radius 3 is 2.44 bits per heavy atom. The molecule has 0 saturated heterocycles. The van der Waals surface area contributed by atoms with Gasteiger partial charge in [0.15, 0.2) is 0 Å². The van der Waals surface area contributed by atoms with Crippen LogP contribution < -0.4 is 10.0 Å². The molecule has 1 aromatic heterocycles. The van der Waals surface area contributed by atoms with E-state index in [1.165, 1.54) is 12.1 Å². The highest BCUT2D eigenvalue weighted by atomic mass is 32.2. The first kappa shape index (κ1) is 18.8. The number of anilines is 1. The van der Waals surface area contributed by atoms with Crippen LogP contribution in [0.15, 0.2) is 77.8 Å². The Labute approximate surface area is 158 Å². The molecule has 0 aliphatic carbocycles. The maximum atomic E-state index is 12.6. The van der Waals surface area contributed by atoms with Gasteiger partial charge in [0.2, 0.25) is 10.0 Å². The molecular formula is C20H19N3O3S. The average Bonchev–Trinajstić information content (AvgIpc) is 2.68. The van der Waals surface area contributed by atoms with Crippen molar-refractivity contribution in [3.05, 3.63) is 89.6 Å². The van der Waals surface area contributed by atoms with Gasteiger partial charge in [-0.3, -0.25) is 4.79 Å². The Bertz CT molecular complexity index is 1040. The lowest BCUT2D eigenvalue weighted by atomic mass is 10.1. The van der Waals surface area contributed by atoms with Crippen molar-refractivity contribution in [3.8, 4) is 0 Å². The highest BCUT2D eigenvalue weighted by Crippen LogP contribution is 2.17. The summed E-state index contributed by atoms with van der Waals surface area (Å²) in [6, 6.07) is 18.9. The summed E-state index contributed by atoms with van der Waals surface area (Å²) in [5, 5.41) is 2.67. The molecule has 0 unspecified atom stereocenters. The molecular weight excluding hydrogens is 362 g/mol. The number of amides is 1. The molecule has 0 fully saturated rings. The van der Waals surface area contributed by atoms with Gasteiger partial charge in [0.25, 0.3) is 5.91 Å². The van der Waals surface area contributed by atoms with Crippen LogP contribution in [0.3, 0.4) is 0 Å². The topological polar surface area (TPSA) is 88.2 Å². The summed E-state index contributed by atoms with van der Waals surface area (Å²) in [6.07, 6.45) is 1.57. The van der Waals surface area contributed by atoms with E-state index in [0.717, 1.165) is 5.56 Å². The summed E-state index contributed by atoms with van der Waals surface area (Å²) in [5.41, 5.74) is 1.80. The van der Waals surface area contributed by atoms with Gasteiger partial charge in [-0.15, -0.1) is 0 Å². The van der Waals surface area contributed by atoms with E-state index in [0.29, 0.717) is 11.4 Å². The van der Waals surface area contributed by atoms with Crippen molar-refractivity contribution >= 4 is 21.7 Å². The Kier molecular flexibility index (Phi) is 5.63. The van der Waals surface area contributed by atoms with Crippen LogP contribution in [-0.4, -0.2) is 19.3 Å². The minimum atomic E-state index is -3.75. The number of hydrogen-bond acceptors (Lipinski definition) is 4. The molecule has 0 aliphatic rings. The number of hydrogen-bond donors (Lipinski definition) is 2. The standard InChI is InChI=1S/C20H19N3O3S/c1-15-10-11-17(27(25,26)22-14-16-7-3-2-4-8-16)13-18(15)20(24)23-19-9-5-6-12-21-19/h2-13,22H,14H2,1H3,(H,21,23,24). The molecule has 0 saturated carbocycles. The molecule has 27 heavy (non-hydrogen) atoms. The van der Waals surface area contributed by atoms with Crippen molar-refractivity contribution in [2.45, 2.75) is 18.4 Å². The van der Waals surface area contributed by atoms with E-state index in [-0.39, 0.29) is 17.0 Å². The predicted molar refractivity (Wildman–Crippen MR) is 104 cm³/mol. The molecule has 1 amide bonds. The monoisotopic (exact) mass is 381 g/mol. The number of carbonyl (C=O) groups excluding carboxylic acids is 1. The summed E-state index contributed by atoms with van der Waals surface area (Å²) in [5.74, 6) is -0.0105. The summed E-state index contributed by atoms with van der Waals surface area (Å²) in [4.78, 5) is 16.6. The first-order chi connectivity index (χ1) is 13.0. The molecule has 7 heteroatoms. The van der Waals surface area contributed by atoms with Gasteiger partial charge in [-0.1, -0.05) is 42.5 Å². The first-order valence-corrected chi connectivity index (χ1v) is 9.81. The molecule has 0 atom stereocenters. The number of pyridine rings is 1. The minimum Gasteiger partial charge on any atom is -0.307 e. The molecule has 6 nitrogen and oxygen atoms in total. The Hall–Kier alpha value is -3.03. The summed E-state index contributed by atoms with van der Waals surface area (Å²) in [7, 11) is -3.75. The van der Waals surface area contributed by atoms with E-state index < -0.39 is 15.9 Å². The third-order valence-corrected chi connectivity index (χ3v) is 5.38. The third kappa shape index (κ3) is 4.78. The molecule has 138 valence electrons. The van der Waals surface area contributed by atoms with E-state index in [9.17, 15) is 13.2 Å². The SMILES string of the molecule is Cc1ccc(S(=O)(=O)NCc2ccccc2)cc1C(=O)Nc1ccccn1. The zero-order valence-electron chi connectivity index (χ0n) is 14.7. The Morgan fingerprint density at radius 1 is 1.00 bits per heavy atom. The van der Waals surface area contributed by atoms with Crippen molar-refractivity contribution in [1.29, 1.82) is 0 Å². The number of aromatic nitrogens is 1. The number of aryl methyl sites for hydroxylation is 1. The number of nitrogens with zero attached hydrogens (tertiary/aromatic N) is 1. The smallest absolute Gasteiger partial charge is 0.257 e. The normalized spacial score (nSPS) is 11.1. The number of rotatable bonds is 6. The van der Waals surface area contributed by atoms with E-state index >= 15 is 0 Å². The third-order valence-electron chi connectivity index (χ3n) is 3.98. The van der Waals surface area contributed by atoms with Crippen LogP contribution in [0.1, 0.15) is 21.5 Å². The lowest BCUT2D eigenvalue weighted by Gasteiger charge is -2.11.